The van der Waals surface area contributed by atoms with E-state index in [2.05, 4.69) is 20.8 Å². The SMILES string of the molecule is CCCCC(CC)COC(=O)C(CC)(COC)C1CCCCC1. The van der Waals surface area contributed by atoms with Crippen molar-refractivity contribution in [3.63, 3.8) is 0 Å². The number of carbonyl (C=O) groups is 1. The van der Waals surface area contributed by atoms with E-state index in [0.29, 0.717) is 25.0 Å². The monoisotopic (exact) mass is 326 g/mol. The maximum absolute atomic E-state index is 13.0. The predicted octanol–water partition coefficient (Wildman–Crippen LogP) is 5.37. The third kappa shape index (κ3) is 5.77. The highest BCUT2D eigenvalue weighted by molar-refractivity contribution is 5.77. The number of rotatable bonds is 11. The van der Waals surface area contributed by atoms with E-state index >= 15 is 0 Å². The Morgan fingerprint density at radius 1 is 1.17 bits per heavy atom. The quantitative estimate of drug-likeness (QED) is 0.479. The average molecular weight is 327 g/mol. The maximum Gasteiger partial charge on any atom is 0.314 e. The second kappa shape index (κ2) is 11.1. The Labute approximate surface area is 143 Å². The zero-order chi connectivity index (χ0) is 17.1. The molecule has 0 radical (unpaired) electrons. The molecule has 0 saturated heterocycles. The fourth-order valence-corrected chi connectivity index (χ4v) is 4.03. The van der Waals surface area contributed by atoms with Gasteiger partial charge in [0.1, 0.15) is 0 Å². The maximum atomic E-state index is 13.0. The highest BCUT2D eigenvalue weighted by Crippen LogP contribution is 2.42. The lowest BCUT2D eigenvalue weighted by Gasteiger charge is -2.39. The van der Waals surface area contributed by atoms with Crippen LogP contribution in [0.4, 0.5) is 0 Å². The minimum atomic E-state index is -0.432. The molecule has 0 heterocycles. The van der Waals surface area contributed by atoms with Gasteiger partial charge in [-0.3, -0.25) is 4.79 Å². The standard InChI is InChI=1S/C20H38O3/c1-5-8-12-17(6-2)15-23-19(21)20(7-3,16-22-4)18-13-10-9-11-14-18/h17-18H,5-16H2,1-4H3. The van der Waals surface area contributed by atoms with Gasteiger partial charge in [-0.1, -0.05) is 59.3 Å². The third-order valence-electron chi connectivity index (χ3n) is 5.82. The molecule has 3 nitrogen and oxygen atoms in total. The third-order valence-corrected chi connectivity index (χ3v) is 5.82. The van der Waals surface area contributed by atoms with Crippen LogP contribution in [-0.4, -0.2) is 26.3 Å². The highest BCUT2D eigenvalue weighted by Gasteiger charge is 2.45. The van der Waals surface area contributed by atoms with Crippen LogP contribution in [0.3, 0.4) is 0 Å². The Balaban J connectivity index is 2.70. The van der Waals surface area contributed by atoms with E-state index in [4.69, 9.17) is 9.47 Å². The number of esters is 1. The van der Waals surface area contributed by atoms with Crippen LogP contribution in [0.1, 0.15) is 85.0 Å². The van der Waals surface area contributed by atoms with Crippen molar-refractivity contribution in [1.82, 2.24) is 0 Å². The van der Waals surface area contributed by atoms with Crippen LogP contribution in [0, 0.1) is 17.3 Å². The lowest BCUT2D eigenvalue weighted by molar-refractivity contribution is -0.167. The topological polar surface area (TPSA) is 35.5 Å². The molecule has 1 aliphatic carbocycles. The van der Waals surface area contributed by atoms with Gasteiger partial charge in [-0.2, -0.15) is 0 Å². The second-order valence-corrected chi connectivity index (χ2v) is 7.29. The Hall–Kier alpha value is -0.570. The molecule has 0 amide bonds. The molecule has 1 saturated carbocycles. The molecular formula is C20H38O3. The van der Waals surface area contributed by atoms with Gasteiger partial charge < -0.3 is 9.47 Å². The van der Waals surface area contributed by atoms with Gasteiger partial charge in [0.2, 0.25) is 0 Å². The van der Waals surface area contributed by atoms with Crippen LogP contribution in [0.5, 0.6) is 0 Å². The van der Waals surface area contributed by atoms with Crippen LogP contribution >= 0.6 is 0 Å². The van der Waals surface area contributed by atoms with Crippen molar-refractivity contribution in [2.24, 2.45) is 17.3 Å². The van der Waals surface area contributed by atoms with Crippen molar-refractivity contribution < 1.29 is 14.3 Å². The first-order chi connectivity index (χ1) is 11.1. The molecule has 1 aliphatic rings. The van der Waals surface area contributed by atoms with Gasteiger partial charge in [0, 0.05) is 7.11 Å². The van der Waals surface area contributed by atoms with Crippen molar-refractivity contribution in [1.29, 1.82) is 0 Å². The van der Waals surface area contributed by atoms with Crippen LogP contribution in [0.25, 0.3) is 0 Å². The highest BCUT2D eigenvalue weighted by atomic mass is 16.5. The summed E-state index contributed by atoms with van der Waals surface area (Å²) in [5, 5.41) is 0. The molecule has 0 aromatic carbocycles. The van der Waals surface area contributed by atoms with E-state index in [0.717, 1.165) is 32.1 Å². The number of unbranched alkanes of at least 4 members (excludes halogenated alkanes) is 1. The zero-order valence-electron chi connectivity index (χ0n) is 15.9. The molecule has 0 aromatic heterocycles. The van der Waals surface area contributed by atoms with Gasteiger partial charge in [-0.05, 0) is 37.5 Å². The van der Waals surface area contributed by atoms with E-state index in [1.54, 1.807) is 7.11 Å². The molecule has 1 rings (SSSR count). The largest absolute Gasteiger partial charge is 0.465 e. The normalized spacial score (nSPS) is 20.0. The fourth-order valence-electron chi connectivity index (χ4n) is 4.03. The lowest BCUT2D eigenvalue weighted by Crippen LogP contribution is -2.44. The van der Waals surface area contributed by atoms with Crippen LogP contribution in [0.15, 0.2) is 0 Å². The molecule has 0 bridgehead atoms. The molecular weight excluding hydrogens is 288 g/mol. The van der Waals surface area contributed by atoms with Crippen LogP contribution in [0.2, 0.25) is 0 Å². The number of hydrogen-bond donors (Lipinski definition) is 0. The van der Waals surface area contributed by atoms with E-state index in [-0.39, 0.29) is 5.97 Å². The van der Waals surface area contributed by atoms with Crippen LogP contribution in [-0.2, 0) is 14.3 Å². The summed E-state index contributed by atoms with van der Waals surface area (Å²) in [6, 6.07) is 0. The molecule has 0 N–H and O–H groups in total. The molecule has 0 aliphatic heterocycles. The first kappa shape index (κ1) is 20.5. The first-order valence-corrected chi connectivity index (χ1v) is 9.80. The zero-order valence-corrected chi connectivity index (χ0v) is 15.9. The van der Waals surface area contributed by atoms with Crippen LogP contribution < -0.4 is 0 Å². The van der Waals surface area contributed by atoms with Gasteiger partial charge >= 0.3 is 5.97 Å². The molecule has 2 atom stereocenters. The second-order valence-electron chi connectivity index (χ2n) is 7.29. The molecule has 136 valence electrons. The first-order valence-electron chi connectivity index (χ1n) is 9.80. The van der Waals surface area contributed by atoms with Gasteiger partial charge in [0.25, 0.3) is 0 Å². The molecule has 23 heavy (non-hydrogen) atoms. The van der Waals surface area contributed by atoms with E-state index < -0.39 is 5.41 Å². The number of hydrogen-bond acceptors (Lipinski definition) is 3. The lowest BCUT2D eigenvalue weighted by atomic mass is 9.67. The van der Waals surface area contributed by atoms with E-state index in [1.807, 2.05) is 0 Å². The molecule has 2 unspecified atom stereocenters. The molecule has 1 fully saturated rings. The number of ether oxygens (including phenoxy) is 2. The molecule has 0 aromatic rings. The minimum absolute atomic E-state index is 0.0105. The van der Waals surface area contributed by atoms with Crippen molar-refractivity contribution in [2.75, 3.05) is 20.3 Å². The van der Waals surface area contributed by atoms with Crippen molar-refractivity contribution in [3.05, 3.63) is 0 Å². The number of carbonyl (C=O) groups excluding carboxylic acids is 1. The summed E-state index contributed by atoms with van der Waals surface area (Å²) in [6.45, 7) is 7.59. The minimum Gasteiger partial charge on any atom is -0.465 e. The summed E-state index contributed by atoms with van der Waals surface area (Å²) in [6.07, 6.45) is 11.5. The Morgan fingerprint density at radius 3 is 2.39 bits per heavy atom. The Bertz CT molecular complexity index is 323. The summed E-state index contributed by atoms with van der Waals surface area (Å²) in [5.41, 5.74) is -0.432. The fraction of sp³-hybridized carbons (Fsp3) is 0.950. The summed E-state index contributed by atoms with van der Waals surface area (Å²) < 4.78 is 11.3. The molecule has 3 heteroatoms. The summed E-state index contributed by atoms with van der Waals surface area (Å²) in [7, 11) is 1.70. The predicted molar refractivity (Wildman–Crippen MR) is 95.4 cm³/mol. The van der Waals surface area contributed by atoms with Crippen molar-refractivity contribution in [2.45, 2.75) is 85.0 Å². The van der Waals surface area contributed by atoms with Gasteiger partial charge in [-0.15, -0.1) is 0 Å². The number of methoxy groups -OCH3 is 1. The van der Waals surface area contributed by atoms with Crippen molar-refractivity contribution in [3.8, 4) is 0 Å². The average Bonchev–Trinajstić information content (AvgIpc) is 2.60. The van der Waals surface area contributed by atoms with Crippen molar-refractivity contribution >= 4 is 5.97 Å². The smallest absolute Gasteiger partial charge is 0.314 e. The Kier molecular flexibility index (Phi) is 9.85. The summed E-state index contributed by atoms with van der Waals surface area (Å²) in [5.74, 6) is 0.912. The summed E-state index contributed by atoms with van der Waals surface area (Å²) >= 11 is 0. The van der Waals surface area contributed by atoms with Gasteiger partial charge in [0.15, 0.2) is 0 Å². The Morgan fingerprint density at radius 2 is 1.87 bits per heavy atom. The summed E-state index contributed by atoms with van der Waals surface area (Å²) in [4.78, 5) is 13.0. The molecule has 0 spiro atoms. The van der Waals surface area contributed by atoms with Gasteiger partial charge in [0.05, 0.1) is 18.6 Å². The van der Waals surface area contributed by atoms with E-state index in [9.17, 15) is 4.79 Å². The van der Waals surface area contributed by atoms with E-state index in [1.165, 1.54) is 32.1 Å². The van der Waals surface area contributed by atoms with Gasteiger partial charge in [-0.25, -0.2) is 0 Å².